The fourth-order valence-electron chi connectivity index (χ4n) is 2.22. The number of hydrogen-bond acceptors (Lipinski definition) is 3. The molecule has 0 aromatic rings. The fourth-order valence-corrected chi connectivity index (χ4v) is 2.22. The van der Waals surface area contributed by atoms with Crippen LogP contribution in [0.4, 0.5) is 0 Å². The lowest BCUT2D eigenvalue weighted by molar-refractivity contribution is -0.137. The van der Waals surface area contributed by atoms with Crippen LogP contribution in [0.2, 0.25) is 0 Å². The standard InChI is InChI=1S/C14H28N2O2/c1-11(2)5-6-12(3)15-13(4)14(17)16-7-9-18-10-8-16/h11-13,15H,5-10H2,1-4H3/t12-,13-/m1/s1. The van der Waals surface area contributed by atoms with Crippen LogP contribution < -0.4 is 5.32 Å². The van der Waals surface area contributed by atoms with Crippen molar-refractivity contribution >= 4 is 5.91 Å². The van der Waals surface area contributed by atoms with E-state index in [1.165, 1.54) is 6.42 Å². The second-order valence-corrected chi connectivity index (χ2v) is 5.70. The van der Waals surface area contributed by atoms with Gasteiger partial charge in [0.25, 0.3) is 0 Å². The van der Waals surface area contributed by atoms with Gasteiger partial charge in [0, 0.05) is 19.1 Å². The van der Waals surface area contributed by atoms with Crippen LogP contribution >= 0.6 is 0 Å². The maximum atomic E-state index is 12.2. The first-order valence-corrected chi connectivity index (χ1v) is 7.13. The molecule has 1 saturated heterocycles. The van der Waals surface area contributed by atoms with Gasteiger partial charge in [-0.3, -0.25) is 4.79 Å². The average molecular weight is 256 g/mol. The molecule has 4 heteroatoms. The number of carbonyl (C=O) groups excluding carboxylic acids is 1. The summed E-state index contributed by atoms with van der Waals surface area (Å²) in [7, 11) is 0. The zero-order chi connectivity index (χ0) is 13.5. The Morgan fingerprint density at radius 1 is 1.17 bits per heavy atom. The van der Waals surface area contributed by atoms with E-state index < -0.39 is 0 Å². The van der Waals surface area contributed by atoms with Crippen LogP contribution in [0, 0.1) is 5.92 Å². The van der Waals surface area contributed by atoms with Gasteiger partial charge in [-0.15, -0.1) is 0 Å². The minimum Gasteiger partial charge on any atom is -0.378 e. The molecule has 106 valence electrons. The van der Waals surface area contributed by atoms with Gasteiger partial charge in [0.05, 0.1) is 19.3 Å². The third-order valence-corrected chi connectivity index (χ3v) is 3.40. The SMILES string of the molecule is CC(C)CC[C@@H](C)N[C@H](C)C(=O)N1CCOCC1. The van der Waals surface area contributed by atoms with Crippen LogP contribution in [-0.4, -0.2) is 49.2 Å². The van der Waals surface area contributed by atoms with Crippen molar-refractivity contribution in [3.8, 4) is 0 Å². The Morgan fingerprint density at radius 2 is 1.78 bits per heavy atom. The smallest absolute Gasteiger partial charge is 0.239 e. The Labute approximate surface area is 111 Å². The maximum absolute atomic E-state index is 12.2. The number of amides is 1. The molecule has 1 fully saturated rings. The largest absolute Gasteiger partial charge is 0.378 e. The Bertz CT molecular complexity index is 250. The summed E-state index contributed by atoms with van der Waals surface area (Å²) < 4.78 is 5.26. The van der Waals surface area contributed by atoms with E-state index in [4.69, 9.17) is 4.74 Å². The molecule has 2 atom stereocenters. The molecule has 0 aromatic heterocycles. The molecule has 1 amide bonds. The molecule has 0 aliphatic carbocycles. The first kappa shape index (κ1) is 15.4. The predicted molar refractivity (Wildman–Crippen MR) is 73.5 cm³/mol. The minimum atomic E-state index is -0.0923. The number of hydrogen-bond donors (Lipinski definition) is 1. The van der Waals surface area contributed by atoms with Gasteiger partial charge < -0.3 is 15.0 Å². The van der Waals surface area contributed by atoms with Gasteiger partial charge in [-0.1, -0.05) is 13.8 Å². The number of morpholine rings is 1. The third-order valence-electron chi connectivity index (χ3n) is 3.40. The highest BCUT2D eigenvalue weighted by atomic mass is 16.5. The van der Waals surface area contributed by atoms with E-state index in [0.29, 0.717) is 19.3 Å². The Hall–Kier alpha value is -0.610. The average Bonchev–Trinajstić information content (AvgIpc) is 2.36. The summed E-state index contributed by atoms with van der Waals surface area (Å²) in [6, 6.07) is 0.303. The zero-order valence-corrected chi connectivity index (χ0v) is 12.2. The summed E-state index contributed by atoms with van der Waals surface area (Å²) in [6.07, 6.45) is 2.32. The molecule has 0 bridgehead atoms. The zero-order valence-electron chi connectivity index (χ0n) is 12.2. The molecule has 1 rings (SSSR count). The van der Waals surface area contributed by atoms with Crippen molar-refractivity contribution < 1.29 is 9.53 Å². The van der Waals surface area contributed by atoms with E-state index in [1.54, 1.807) is 0 Å². The number of rotatable bonds is 6. The van der Waals surface area contributed by atoms with Crippen LogP contribution in [0.25, 0.3) is 0 Å². The van der Waals surface area contributed by atoms with Crippen molar-refractivity contribution in [3.63, 3.8) is 0 Å². The van der Waals surface area contributed by atoms with Gasteiger partial charge >= 0.3 is 0 Å². The molecule has 4 nitrogen and oxygen atoms in total. The van der Waals surface area contributed by atoms with E-state index in [0.717, 1.165) is 25.4 Å². The van der Waals surface area contributed by atoms with Gasteiger partial charge in [0.15, 0.2) is 0 Å². The Morgan fingerprint density at radius 3 is 2.33 bits per heavy atom. The first-order valence-electron chi connectivity index (χ1n) is 7.13. The van der Waals surface area contributed by atoms with E-state index in [1.807, 2.05) is 11.8 Å². The van der Waals surface area contributed by atoms with Crippen LogP contribution in [0.15, 0.2) is 0 Å². The molecule has 1 aliphatic heterocycles. The van der Waals surface area contributed by atoms with Crippen molar-refractivity contribution in [2.45, 2.75) is 52.6 Å². The van der Waals surface area contributed by atoms with Crippen molar-refractivity contribution in [1.29, 1.82) is 0 Å². The predicted octanol–water partition coefficient (Wildman–Crippen LogP) is 1.65. The van der Waals surface area contributed by atoms with Crippen LogP contribution in [0.3, 0.4) is 0 Å². The summed E-state index contributed by atoms with van der Waals surface area (Å²) in [5.41, 5.74) is 0. The van der Waals surface area contributed by atoms with E-state index in [2.05, 4.69) is 26.1 Å². The quantitative estimate of drug-likeness (QED) is 0.785. The lowest BCUT2D eigenvalue weighted by Gasteiger charge is -2.30. The molecule has 0 spiro atoms. The monoisotopic (exact) mass is 256 g/mol. The summed E-state index contributed by atoms with van der Waals surface area (Å²) in [5, 5.41) is 3.40. The number of nitrogens with one attached hydrogen (secondary N) is 1. The molecule has 1 N–H and O–H groups in total. The maximum Gasteiger partial charge on any atom is 0.239 e. The highest BCUT2D eigenvalue weighted by molar-refractivity contribution is 5.81. The van der Waals surface area contributed by atoms with E-state index in [-0.39, 0.29) is 11.9 Å². The Kier molecular flexibility index (Phi) is 6.65. The van der Waals surface area contributed by atoms with Gasteiger partial charge in [0.1, 0.15) is 0 Å². The van der Waals surface area contributed by atoms with Gasteiger partial charge in [0.2, 0.25) is 5.91 Å². The lowest BCUT2D eigenvalue weighted by Crippen LogP contribution is -2.51. The fraction of sp³-hybridized carbons (Fsp3) is 0.929. The van der Waals surface area contributed by atoms with Gasteiger partial charge in [-0.25, -0.2) is 0 Å². The molecule has 18 heavy (non-hydrogen) atoms. The second kappa shape index (κ2) is 7.74. The first-order chi connectivity index (χ1) is 8.50. The van der Waals surface area contributed by atoms with Crippen molar-refractivity contribution in [1.82, 2.24) is 10.2 Å². The third kappa shape index (κ3) is 5.36. The minimum absolute atomic E-state index is 0.0923. The molecule has 0 aromatic carbocycles. The molecular weight excluding hydrogens is 228 g/mol. The topological polar surface area (TPSA) is 41.6 Å². The highest BCUT2D eigenvalue weighted by Crippen LogP contribution is 2.08. The molecule has 0 unspecified atom stereocenters. The Balaban J connectivity index is 2.29. The summed E-state index contributed by atoms with van der Waals surface area (Å²) in [5.74, 6) is 0.925. The normalized spacial score (nSPS) is 19.9. The summed E-state index contributed by atoms with van der Waals surface area (Å²) in [4.78, 5) is 14.1. The number of ether oxygens (including phenoxy) is 1. The summed E-state index contributed by atoms with van der Waals surface area (Å²) in [6.45, 7) is 11.4. The molecule has 1 heterocycles. The van der Waals surface area contributed by atoms with Crippen LogP contribution in [0.1, 0.15) is 40.5 Å². The van der Waals surface area contributed by atoms with Crippen molar-refractivity contribution in [3.05, 3.63) is 0 Å². The number of nitrogens with zero attached hydrogens (tertiary/aromatic N) is 1. The van der Waals surface area contributed by atoms with E-state index >= 15 is 0 Å². The number of carbonyl (C=O) groups is 1. The van der Waals surface area contributed by atoms with Crippen LogP contribution in [-0.2, 0) is 9.53 Å². The van der Waals surface area contributed by atoms with Gasteiger partial charge in [-0.2, -0.15) is 0 Å². The second-order valence-electron chi connectivity index (χ2n) is 5.70. The lowest BCUT2D eigenvalue weighted by atomic mass is 10.0. The van der Waals surface area contributed by atoms with E-state index in [9.17, 15) is 4.79 Å². The van der Waals surface area contributed by atoms with Crippen molar-refractivity contribution in [2.24, 2.45) is 5.92 Å². The molecular formula is C14H28N2O2. The summed E-state index contributed by atoms with van der Waals surface area (Å²) >= 11 is 0. The molecule has 1 aliphatic rings. The van der Waals surface area contributed by atoms with Crippen LogP contribution in [0.5, 0.6) is 0 Å². The molecule has 0 radical (unpaired) electrons. The highest BCUT2D eigenvalue weighted by Gasteiger charge is 2.23. The van der Waals surface area contributed by atoms with Crippen molar-refractivity contribution in [2.75, 3.05) is 26.3 Å². The van der Waals surface area contributed by atoms with Gasteiger partial charge in [-0.05, 0) is 32.6 Å². The molecule has 0 saturated carbocycles.